The first-order valence-corrected chi connectivity index (χ1v) is 7.47. The quantitative estimate of drug-likeness (QED) is 0.563. The van der Waals surface area contributed by atoms with Gasteiger partial charge in [0, 0.05) is 0 Å². The van der Waals surface area contributed by atoms with E-state index in [0.717, 1.165) is 0 Å². The number of sulfone groups is 1. The molecule has 2 atom stereocenters. The second kappa shape index (κ2) is 4.60. The van der Waals surface area contributed by atoms with Gasteiger partial charge in [-0.1, -0.05) is 11.6 Å². The first-order chi connectivity index (χ1) is 8.35. The molecule has 4 N–H and O–H groups in total. The van der Waals surface area contributed by atoms with Gasteiger partial charge in [0.15, 0.2) is 15.6 Å². The number of rotatable bonds is 2. The maximum absolute atomic E-state index is 12.4. The number of aliphatic hydroxyl groups is 1. The highest BCUT2D eigenvalue weighted by atomic mass is 35.5. The fraction of sp³-hybridized carbons (Fsp3) is 0.455. The zero-order valence-corrected chi connectivity index (χ0v) is 11.1. The number of aromatic hydroxyl groups is 1. The summed E-state index contributed by atoms with van der Waals surface area (Å²) in [6.45, 7) is 0. The molecule has 7 heteroatoms. The molecule has 0 saturated heterocycles. The Bertz CT molecular complexity index is 573. The van der Waals surface area contributed by atoms with Crippen LogP contribution < -0.4 is 5.73 Å². The van der Waals surface area contributed by atoms with Crippen molar-refractivity contribution in [2.24, 2.45) is 0 Å². The van der Waals surface area contributed by atoms with Crippen LogP contribution in [0.5, 0.6) is 5.75 Å². The van der Waals surface area contributed by atoms with Crippen molar-refractivity contribution in [3.05, 3.63) is 17.2 Å². The SMILES string of the molecule is Nc1ccc(Cl)c(S(=O)(=O)C2CCC[C@@H]2O)c1O. The lowest BCUT2D eigenvalue weighted by Gasteiger charge is -2.17. The predicted octanol–water partition coefficient (Wildman–Crippen LogP) is 1.31. The second-order valence-corrected chi connectivity index (χ2v) is 6.91. The molecule has 18 heavy (non-hydrogen) atoms. The molecule has 1 aromatic rings. The summed E-state index contributed by atoms with van der Waals surface area (Å²) in [6.07, 6.45) is 0.497. The Morgan fingerprint density at radius 3 is 2.56 bits per heavy atom. The highest BCUT2D eigenvalue weighted by molar-refractivity contribution is 7.92. The van der Waals surface area contributed by atoms with E-state index in [1.807, 2.05) is 0 Å². The fourth-order valence-electron chi connectivity index (χ4n) is 2.25. The minimum atomic E-state index is -3.88. The summed E-state index contributed by atoms with van der Waals surface area (Å²) in [5.41, 5.74) is 5.43. The van der Waals surface area contributed by atoms with Gasteiger partial charge in [0.05, 0.1) is 22.1 Å². The first-order valence-electron chi connectivity index (χ1n) is 5.54. The van der Waals surface area contributed by atoms with E-state index in [2.05, 4.69) is 0 Å². The van der Waals surface area contributed by atoms with E-state index in [4.69, 9.17) is 17.3 Å². The lowest BCUT2D eigenvalue weighted by Crippen LogP contribution is -2.29. The standard InChI is InChI=1S/C11H14ClNO4S/c12-6-4-5-7(13)10(15)11(6)18(16,17)9-3-1-2-8(9)14/h4-5,8-9,14-15H,1-3,13H2/t8-,9?/m0/s1. The van der Waals surface area contributed by atoms with Gasteiger partial charge in [-0.05, 0) is 31.4 Å². The van der Waals surface area contributed by atoms with Crippen LogP contribution in [-0.2, 0) is 9.84 Å². The van der Waals surface area contributed by atoms with Gasteiger partial charge >= 0.3 is 0 Å². The van der Waals surface area contributed by atoms with E-state index >= 15 is 0 Å². The van der Waals surface area contributed by atoms with E-state index in [1.54, 1.807) is 0 Å². The Morgan fingerprint density at radius 2 is 2.00 bits per heavy atom. The normalized spacial score (nSPS) is 24.3. The summed E-state index contributed by atoms with van der Waals surface area (Å²) in [5, 5.41) is 18.5. The summed E-state index contributed by atoms with van der Waals surface area (Å²) in [4.78, 5) is -0.380. The molecule has 0 amide bonds. The van der Waals surface area contributed by atoms with Gasteiger partial charge in [-0.15, -0.1) is 0 Å². The van der Waals surface area contributed by atoms with Crippen molar-refractivity contribution in [2.75, 3.05) is 5.73 Å². The fourth-order valence-corrected chi connectivity index (χ4v) is 4.78. The molecule has 1 unspecified atom stereocenters. The molecule has 0 aromatic heterocycles. The van der Waals surface area contributed by atoms with Crippen LogP contribution in [0.3, 0.4) is 0 Å². The summed E-state index contributed by atoms with van der Waals surface area (Å²) in [7, 11) is -3.88. The maximum atomic E-state index is 12.4. The van der Waals surface area contributed by atoms with Gasteiger partial charge in [-0.2, -0.15) is 0 Å². The number of nitrogens with two attached hydrogens (primary N) is 1. The van der Waals surface area contributed by atoms with Gasteiger partial charge < -0.3 is 15.9 Å². The highest BCUT2D eigenvalue weighted by Crippen LogP contribution is 2.40. The van der Waals surface area contributed by atoms with Crippen molar-refractivity contribution in [1.82, 2.24) is 0 Å². The average Bonchev–Trinajstić information content (AvgIpc) is 2.71. The van der Waals surface area contributed by atoms with Gasteiger partial charge in [0.25, 0.3) is 0 Å². The molecule has 2 rings (SSSR count). The number of halogens is 1. The zero-order chi connectivity index (χ0) is 13.5. The summed E-state index contributed by atoms with van der Waals surface area (Å²) < 4.78 is 24.8. The molecule has 100 valence electrons. The predicted molar refractivity (Wildman–Crippen MR) is 68.4 cm³/mol. The number of nitrogen functional groups attached to an aromatic ring is 1. The number of phenols is 1. The minimum Gasteiger partial charge on any atom is -0.504 e. The van der Waals surface area contributed by atoms with Crippen LogP contribution in [0.1, 0.15) is 19.3 Å². The molecule has 0 radical (unpaired) electrons. The molecule has 1 aliphatic carbocycles. The monoisotopic (exact) mass is 291 g/mol. The molecule has 5 nitrogen and oxygen atoms in total. The Kier molecular flexibility index (Phi) is 3.44. The van der Waals surface area contributed by atoms with Crippen molar-refractivity contribution >= 4 is 27.1 Å². The minimum absolute atomic E-state index is 0.0505. The van der Waals surface area contributed by atoms with Crippen LogP contribution in [0, 0.1) is 0 Å². The molecule has 0 spiro atoms. The van der Waals surface area contributed by atoms with Crippen molar-refractivity contribution in [3.8, 4) is 5.75 Å². The Hall–Kier alpha value is -0.980. The Morgan fingerprint density at radius 1 is 1.33 bits per heavy atom. The maximum Gasteiger partial charge on any atom is 0.188 e. The van der Waals surface area contributed by atoms with Crippen molar-refractivity contribution in [1.29, 1.82) is 0 Å². The van der Waals surface area contributed by atoms with E-state index < -0.39 is 26.9 Å². The molecule has 0 heterocycles. The smallest absolute Gasteiger partial charge is 0.188 e. The molecule has 1 saturated carbocycles. The average molecular weight is 292 g/mol. The molecular weight excluding hydrogens is 278 g/mol. The number of hydrogen-bond acceptors (Lipinski definition) is 5. The van der Waals surface area contributed by atoms with Gasteiger partial charge in [0.2, 0.25) is 0 Å². The topological polar surface area (TPSA) is 101 Å². The third-order valence-corrected chi connectivity index (χ3v) is 5.97. The van der Waals surface area contributed by atoms with E-state index in [0.29, 0.717) is 19.3 Å². The molecule has 1 aromatic carbocycles. The number of aliphatic hydroxyl groups excluding tert-OH is 1. The molecular formula is C11H14ClNO4S. The summed E-state index contributed by atoms with van der Waals surface area (Å²) >= 11 is 5.84. The van der Waals surface area contributed by atoms with Crippen LogP contribution in [0.25, 0.3) is 0 Å². The third-order valence-electron chi connectivity index (χ3n) is 3.22. The number of anilines is 1. The van der Waals surface area contributed by atoms with Crippen LogP contribution in [0.4, 0.5) is 5.69 Å². The van der Waals surface area contributed by atoms with Crippen LogP contribution in [-0.4, -0.2) is 30.0 Å². The van der Waals surface area contributed by atoms with Crippen molar-refractivity contribution in [3.63, 3.8) is 0 Å². The molecule has 0 bridgehead atoms. The van der Waals surface area contributed by atoms with Crippen LogP contribution >= 0.6 is 11.6 Å². The van der Waals surface area contributed by atoms with Gasteiger partial charge in [-0.25, -0.2) is 8.42 Å². The van der Waals surface area contributed by atoms with Crippen LogP contribution in [0.2, 0.25) is 5.02 Å². The highest BCUT2D eigenvalue weighted by Gasteiger charge is 2.40. The Balaban J connectivity index is 2.58. The van der Waals surface area contributed by atoms with Crippen LogP contribution in [0.15, 0.2) is 17.0 Å². The van der Waals surface area contributed by atoms with E-state index in [9.17, 15) is 18.6 Å². The largest absolute Gasteiger partial charge is 0.504 e. The molecule has 0 aliphatic heterocycles. The first kappa shape index (κ1) is 13.5. The van der Waals surface area contributed by atoms with Crippen molar-refractivity contribution in [2.45, 2.75) is 35.5 Å². The number of phenolic OH excluding ortho intramolecular Hbond substituents is 1. The lowest BCUT2D eigenvalue weighted by atomic mass is 10.3. The molecule has 1 fully saturated rings. The summed E-state index contributed by atoms with van der Waals surface area (Å²) in [6, 6.07) is 2.66. The van der Waals surface area contributed by atoms with Gasteiger partial charge in [-0.3, -0.25) is 0 Å². The van der Waals surface area contributed by atoms with Crippen molar-refractivity contribution < 1.29 is 18.6 Å². The lowest BCUT2D eigenvalue weighted by molar-refractivity contribution is 0.185. The zero-order valence-electron chi connectivity index (χ0n) is 9.51. The Labute approximate surface area is 110 Å². The van der Waals surface area contributed by atoms with Gasteiger partial charge in [0.1, 0.15) is 4.90 Å². The third kappa shape index (κ3) is 2.04. The second-order valence-electron chi connectivity index (χ2n) is 4.40. The number of benzene rings is 1. The number of hydrogen-bond donors (Lipinski definition) is 3. The summed E-state index contributed by atoms with van der Waals surface area (Å²) in [5.74, 6) is -0.540. The van der Waals surface area contributed by atoms with E-state index in [1.165, 1.54) is 12.1 Å². The van der Waals surface area contributed by atoms with E-state index in [-0.39, 0.29) is 15.6 Å². The molecule has 1 aliphatic rings.